The van der Waals surface area contributed by atoms with E-state index in [1.807, 2.05) is 6.92 Å². The standard InChI is InChI=1S/C22H26N2O3S.ClH/c1-15-2-10-21(11-3-15)28(26,27)14-16-4-6-17(7-5-16)22(25)24-20-12-18-8-9-19(13-20)23-18;/h2-7,10-11,18-20,23H,8-9,12-14H2,1H3,(H,24,25);1H. The van der Waals surface area contributed by atoms with Crippen molar-refractivity contribution < 1.29 is 13.2 Å². The van der Waals surface area contributed by atoms with Crippen LogP contribution in [0.2, 0.25) is 0 Å². The molecule has 2 aliphatic rings. The maximum absolute atomic E-state index is 12.6. The van der Waals surface area contributed by atoms with Crippen molar-refractivity contribution in [3.8, 4) is 0 Å². The highest BCUT2D eigenvalue weighted by Crippen LogP contribution is 2.27. The van der Waals surface area contributed by atoms with Crippen LogP contribution in [0.5, 0.6) is 0 Å². The molecule has 2 saturated heterocycles. The van der Waals surface area contributed by atoms with Crippen LogP contribution in [0.15, 0.2) is 53.4 Å². The SMILES string of the molecule is Cc1ccc(S(=O)(=O)Cc2ccc(C(=O)NC3CC4CCC(C3)N4)cc2)cc1.Cl. The number of benzene rings is 2. The Kier molecular flexibility index (Phi) is 6.66. The van der Waals surface area contributed by atoms with Crippen LogP contribution >= 0.6 is 12.4 Å². The first-order valence-corrected chi connectivity index (χ1v) is 11.5. The molecule has 0 aromatic heterocycles. The largest absolute Gasteiger partial charge is 0.349 e. The van der Waals surface area contributed by atoms with Crippen molar-refractivity contribution >= 4 is 28.2 Å². The molecule has 7 heteroatoms. The predicted molar refractivity (Wildman–Crippen MR) is 116 cm³/mol. The number of piperidine rings is 1. The number of aryl methyl sites for hydroxylation is 1. The van der Waals surface area contributed by atoms with E-state index in [0.29, 0.717) is 28.1 Å². The highest BCUT2D eigenvalue weighted by molar-refractivity contribution is 7.90. The van der Waals surface area contributed by atoms with Gasteiger partial charge in [-0.3, -0.25) is 4.79 Å². The molecule has 156 valence electrons. The number of halogens is 1. The van der Waals surface area contributed by atoms with Crippen LogP contribution in [0, 0.1) is 6.92 Å². The number of carbonyl (C=O) groups excluding carboxylic acids is 1. The summed E-state index contributed by atoms with van der Waals surface area (Å²) in [5, 5.41) is 6.71. The van der Waals surface area contributed by atoms with E-state index < -0.39 is 9.84 Å². The fourth-order valence-corrected chi connectivity index (χ4v) is 5.59. The van der Waals surface area contributed by atoms with Gasteiger partial charge in [0.15, 0.2) is 9.84 Å². The third kappa shape index (κ3) is 5.18. The second-order valence-corrected chi connectivity index (χ2v) is 10.0. The van der Waals surface area contributed by atoms with Gasteiger partial charge in [0.1, 0.15) is 0 Å². The average molecular weight is 435 g/mol. The van der Waals surface area contributed by atoms with Crippen LogP contribution in [-0.4, -0.2) is 32.5 Å². The molecule has 2 aromatic carbocycles. The Labute approximate surface area is 178 Å². The molecule has 2 aromatic rings. The minimum atomic E-state index is -3.40. The number of nitrogens with one attached hydrogen (secondary N) is 2. The lowest BCUT2D eigenvalue weighted by Crippen LogP contribution is -2.48. The van der Waals surface area contributed by atoms with Crippen molar-refractivity contribution in [3.05, 3.63) is 65.2 Å². The van der Waals surface area contributed by atoms with Crippen LogP contribution in [0.4, 0.5) is 0 Å². The summed E-state index contributed by atoms with van der Waals surface area (Å²) in [6.07, 6.45) is 4.35. The van der Waals surface area contributed by atoms with Gasteiger partial charge in [-0.05, 0) is 62.4 Å². The molecule has 2 heterocycles. The molecule has 2 bridgehead atoms. The molecule has 0 spiro atoms. The maximum Gasteiger partial charge on any atom is 0.251 e. The van der Waals surface area contributed by atoms with Crippen molar-refractivity contribution in [2.45, 2.75) is 61.4 Å². The van der Waals surface area contributed by atoms with E-state index in [2.05, 4.69) is 10.6 Å². The van der Waals surface area contributed by atoms with E-state index in [-0.39, 0.29) is 30.1 Å². The third-order valence-corrected chi connectivity index (χ3v) is 7.46. The zero-order valence-electron chi connectivity index (χ0n) is 16.4. The van der Waals surface area contributed by atoms with Gasteiger partial charge in [-0.2, -0.15) is 0 Å². The number of amides is 1. The Morgan fingerprint density at radius 1 is 1.00 bits per heavy atom. The van der Waals surface area contributed by atoms with Gasteiger partial charge in [0, 0.05) is 23.7 Å². The van der Waals surface area contributed by atoms with Gasteiger partial charge in [0.05, 0.1) is 10.6 Å². The number of carbonyl (C=O) groups is 1. The predicted octanol–water partition coefficient (Wildman–Crippen LogP) is 3.40. The van der Waals surface area contributed by atoms with Gasteiger partial charge in [-0.25, -0.2) is 8.42 Å². The molecule has 2 fully saturated rings. The quantitative estimate of drug-likeness (QED) is 0.756. The minimum absolute atomic E-state index is 0. The molecule has 4 rings (SSSR count). The molecule has 5 nitrogen and oxygen atoms in total. The van der Waals surface area contributed by atoms with Crippen LogP contribution in [0.1, 0.15) is 47.2 Å². The van der Waals surface area contributed by atoms with E-state index >= 15 is 0 Å². The Morgan fingerprint density at radius 2 is 1.59 bits per heavy atom. The normalized spacial score (nSPS) is 23.3. The molecule has 2 aliphatic heterocycles. The van der Waals surface area contributed by atoms with Crippen molar-refractivity contribution in [1.29, 1.82) is 0 Å². The Morgan fingerprint density at radius 3 is 2.17 bits per heavy atom. The van der Waals surface area contributed by atoms with Gasteiger partial charge in [0.25, 0.3) is 5.91 Å². The number of hydrogen-bond acceptors (Lipinski definition) is 4. The summed E-state index contributed by atoms with van der Waals surface area (Å²) in [6, 6.07) is 15.0. The number of rotatable bonds is 5. The summed E-state index contributed by atoms with van der Waals surface area (Å²) in [6.45, 7) is 1.93. The van der Waals surface area contributed by atoms with Gasteiger partial charge in [-0.1, -0.05) is 29.8 Å². The Balaban J connectivity index is 0.00000240. The highest BCUT2D eigenvalue weighted by Gasteiger charge is 2.34. The maximum atomic E-state index is 12.6. The molecule has 2 atom stereocenters. The second-order valence-electron chi connectivity index (χ2n) is 8.05. The fourth-order valence-electron chi connectivity index (χ4n) is 4.24. The van der Waals surface area contributed by atoms with Crippen molar-refractivity contribution in [3.63, 3.8) is 0 Å². The highest BCUT2D eigenvalue weighted by atomic mass is 35.5. The summed E-state index contributed by atoms with van der Waals surface area (Å²) in [4.78, 5) is 12.9. The fraction of sp³-hybridized carbons (Fsp3) is 0.409. The van der Waals surface area contributed by atoms with E-state index in [4.69, 9.17) is 0 Å². The molecule has 2 unspecified atom stereocenters. The van der Waals surface area contributed by atoms with Gasteiger partial charge >= 0.3 is 0 Å². The van der Waals surface area contributed by atoms with Crippen molar-refractivity contribution in [1.82, 2.24) is 10.6 Å². The molecular weight excluding hydrogens is 408 g/mol. The van der Waals surface area contributed by atoms with Crippen molar-refractivity contribution in [2.24, 2.45) is 0 Å². The smallest absolute Gasteiger partial charge is 0.251 e. The van der Waals surface area contributed by atoms with Crippen LogP contribution in [0.25, 0.3) is 0 Å². The average Bonchev–Trinajstić information content (AvgIpc) is 3.00. The molecule has 29 heavy (non-hydrogen) atoms. The van der Waals surface area contributed by atoms with Crippen LogP contribution in [0.3, 0.4) is 0 Å². The molecule has 0 saturated carbocycles. The molecule has 0 radical (unpaired) electrons. The first-order chi connectivity index (χ1) is 13.4. The van der Waals surface area contributed by atoms with E-state index in [1.165, 1.54) is 12.8 Å². The van der Waals surface area contributed by atoms with Gasteiger partial charge in [0.2, 0.25) is 0 Å². The summed E-state index contributed by atoms with van der Waals surface area (Å²) < 4.78 is 25.2. The zero-order chi connectivity index (χ0) is 19.7. The van der Waals surface area contributed by atoms with Crippen LogP contribution < -0.4 is 10.6 Å². The van der Waals surface area contributed by atoms with Crippen molar-refractivity contribution in [2.75, 3.05) is 0 Å². The van der Waals surface area contributed by atoms with E-state index in [9.17, 15) is 13.2 Å². The lowest BCUT2D eigenvalue weighted by Gasteiger charge is -2.29. The first-order valence-electron chi connectivity index (χ1n) is 9.84. The molecule has 2 N–H and O–H groups in total. The summed E-state index contributed by atoms with van der Waals surface area (Å²) >= 11 is 0. The van der Waals surface area contributed by atoms with Crippen LogP contribution in [-0.2, 0) is 15.6 Å². The topological polar surface area (TPSA) is 75.3 Å². The second kappa shape index (κ2) is 8.86. The molecule has 1 amide bonds. The minimum Gasteiger partial charge on any atom is -0.349 e. The van der Waals surface area contributed by atoms with Gasteiger partial charge in [-0.15, -0.1) is 12.4 Å². The molecule has 0 aliphatic carbocycles. The molecular formula is C22H27ClN2O3S. The number of sulfone groups is 1. The zero-order valence-corrected chi connectivity index (χ0v) is 18.1. The third-order valence-electron chi connectivity index (χ3n) is 5.76. The van der Waals surface area contributed by atoms with Gasteiger partial charge < -0.3 is 10.6 Å². The van der Waals surface area contributed by atoms with E-state index in [1.54, 1.807) is 48.5 Å². The first kappa shape index (κ1) is 21.8. The number of fused-ring (bicyclic) bond motifs is 2. The lowest BCUT2D eigenvalue weighted by atomic mass is 9.99. The Bertz CT molecular complexity index is 947. The summed E-state index contributed by atoms with van der Waals surface area (Å²) in [5.74, 6) is -0.158. The summed E-state index contributed by atoms with van der Waals surface area (Å²) in [7, 11) is -3.40. The lowest BCUT2D eigenvalue weighted by molar-refractivity contribution is 0.0924. The summed E-state index contributed by atoms with van der Waals surface area (Å²) in [5.41, 5.74) is 2.27. The van der Waals surface area contributed by atoms with E-state index in [0.717, 1.165) is 18.4 Å². The number of hydrogen-bond donors (Lipinski definition) is 2. The monoisotopic (exact) mass is 434 g/mol. The Hall–Kier alpha value is -1.89.